The van der Waals surface area contributed by atoms with Crippen molar-refractivity contribution in [3.63, 3.8) is 0 Å². The molecule has 0 atom stereocenters. The van der Waals surface area contributed by atoms with E-state index in [2.05, 4.69) is 11.0 Å². The van der Waals surface area contributed by atoms with Crippen LogP contribution in [0.5, 0.6) is 17.2 Å². The first-order valence-electron chi connectivity index (χ1n) is 11.5. The number of benzene rings is 3. The Hall–Kier alpha value is -3.53. The Morgan fingerprint density at radius 1 is 0.971 bits per heavy atom. The van der Waals surface area contributed by atoms with Crippen molar-refractivity contribution in [2.45, 2.75) is 32.1 Å². The lowest BCUT2D eigenvalue weighted by Crippen LogP contribution is -2.35. The Kier molecular flexibility index (Phi) is 7.69. The Bertz CT molecular complexity index is 1120. The van der Waals surface area contributed by atoms with Gasteiger partial charge in [0.15, 0.2) is 0 Å². The van der Waals surface area contributed by atoms with E-state index in [0.29, 0.717) is 29.4 Å². The molecule has 1 N–H and O–H groups in total. The van der Waals surface area contributed by atoms with E-state index in [-0.39, 0.29) is 12.7 Å². The maximum atomic E-state index is 9.86. The highest BCUT2D eigenvalue weighted by Crippen LogP contribution is 2.36. The van der Waals surface area contributed by atoms with Gasteiger partial charge in [0.2, 0.25) is 0 Å². The maximum Gasteiger partial charge on any atom is 0.130 e. The fraction of sp³-hybridized carbons (Fsp3) is 0.321. The lowest BCUT2D eigenvalue weighted by Gasteiger charge is -2.30. The molecule has 3 aromatic rings. The third kappa shape index (κ3) is 5.33. The third-order valence-electron chi connectivity index (χ3n) is 6.26. The predicted molar refractivity (Wildman–Crippen MR) is 131 cm³/mol. The number of methoxy groups -OCH3 is 2. The molecule has 1 fully saturated rings. The zero-order valence-corrected chi connectivity index (χ0v) is 19.7. The van der Waals surface area contributed by atoms with E-state index >= 15 is 0 Å². The lowest BCUT2D eigenvalue weighted by molar-refractivity contribution is 0.0785. The largest absolute Gasteiger partial charge is 0.496 e. The van der Waals surface area contributed by atoms with E-state index < -0.39 is 0 Å². The van der Waals surface area contributed by atoms with Gasteiger partial charge < -0.3 is 19.3 Å². The van der Waals surface area contributed by atoms with Gasteiger partial charge in [-0.2, -0.15) is 5.26 Å². The number of nitriles is 1. The Balaban J connectivity index is 1.55. The molecule has 4 rings (SSSR count). The van der Waals surface area contributed by atoms with Crippen LogP contribution in [0.3, 0.4) is 0 Å². The van der Waals surface area contributed by atoms with Crippen LogP contribution in [0.25, 0.3) is 11.1 Å². The first kappa shape index (κ1) is 23.6. The molecule has 0 aliphatic carbocycles. The monoisotopic (exact) mass is 458 g/mol. The zero-order valence-electron chi connectivity index (χ0n) is 19.7. The molecular weight excluding hydrogens is 428 g/mol. The number of likely N-dealkylation sites (tertiary alicyclic amines) is 1. The maximum absolute atomic E-state index is 9.86. The van der Waals surface area contributed by atoms with Crippen LogP contribution in [0.2, 0.25) is 0 Å². The molecule has 0 amide bonds. The lowest BCUT2D eigenvalue weighted by atomic mass is 9.96. The van der Waals surface area contributed by atoms with E-state index in [0.717, 1.165) is 48.2 Å². The van der Waals surface area contributed by atoms with Crippen LogP contribution >= 0.6 is 0 Å². The number of rotatable bonds is 8. The van der Waals surface area contributed by atoms with Crippen molar-refractivity contribution in [2.75, 3.05) is 27.3 Å². The van der Waals surface area contributed by atoms with Gasteiger partial charge in [0.1, 0.15) is 29.9 Å². The van der Waals surface area contributed by atoms with E-state index in [1.54, 1.807) is 14.2 Å². The van der Waals surface area contributed by atoms with Gasteiger partial charge in [0, 0.05) is 37.3 Å². The van der Waals surface area contributed by atoms with Crippen molar-refractivity contribution in [3.8, 4) is 34.4 Å². The molecular formula is C28H30N2O4. The van der Waals surface area contributed by atoms with Gasteiger partial charge in [-0.15, -0.1) is 0 Å². The summed E-state index contributed by atoms with van der Waals surface area (Å²) in [5.41, 5.74) is 4.27. The Labute approximate surface area is 200 Å². The van der Waals surface area contributed by atoms with E-state index in [1.807, 2.05) is 60.7 Å². The van der Waals surface area contributed by atoms with Gasteiger partial charge in [0.25, 0.3) is 0 Å². The van der Waals surface area contributed by atoms with Crippen LogP contribution < -0.4 is 14.2 Å². The number of aliphatic hydroxyl groups excluding tert-OH is 1. The highest BCUT2D eigenvalue weighted by atomic mass is 16.5. The average molecular weight is 459 g/mol. The number of aliphatic hydroxyl groups is 1. The van der Waals surface area contributed by atoms with Crippen LogP contribution in [0.4, 0.5) is 0 Å². The number of ether oxygens (including phenoxy) is 3. The van der Waals surface area contributed by atoms with Crippen molar-refractivity contribution in [1.29, 1.82) is 5.26 Å². The second-order valence-electron chi connectivity index (χ2n) is 8.42. The van der Waals surface area contributed by atoms with Gasteiger partial charge in [0.05, 0.1) is 31.5 Å². The van der Waals surface area contributed by atoms with Crippen molar-refractivity contribution >= 4 is 0 Å². The van der Waals surface area contributed by atoms with Crippen molar-refractivity contribution in [3.05, 3.63) is 77.4 Å². The quantitative estimate of drug-likeness (QED) is 0.524. The summed E-state index contributed by atoms with van der Waals surface area (Å²) < 4.78 is 17.5. The Morgan fingerprint density at radius 2 is 1.65 bits per heavy atom. The number of nitrogens with zero attached hydrogens (tertiary/aromatic N) is 2. The standard InChI is InChI=1S/C28H30N2O4/c1-32-27-15-23(16-28(33-2)26(27)18-30-13-11-22(31)12-14-30)34-19-21-9-6-10-24(25(21)17-29)20-7-4-3-5-8-20/h3-10,15-16,22,31H,11-14,18-19H2,1-2H3. The summed E-state index contributed by atoms with van der Waals surface area (Å²) in [6, 6.07) is 21.8. The van der Waals surface area contributed by atoms with Crippen LogP contribution in [-0.2, 0) is 13.2 Å². The molecule has 6 heteroatoms. The number of hydrogen-bond acceptors (Lipinski definition) is 6. The van der Waals surface area contributed by atoms with Crippen molar-refractivity contribution in [1.82, 2.24) is 4.90 Å². The van der Waals surface area contributed by atoms with E-state index in [9.17, 15) is 10.4 Å². The molecule has 0 aromatic heterocycles. The molecule has 1 heterocycles. The Morgan fingerprint density at radius 3 is 2.26 bits per heavy atom. The first-order valence-corrected chi connectivity index (χ1v) is 11.5. The molecule has 0 bridgehead atoms. The van der Waals surface area contributed by atoms with Crippen LogP contribution in [0.1, 0.15) is 29.5 Å². The summed E-state index contributed by atoms with van der Waals surface area (Å²) in [6.07, 6.45) is 1.33. The molecule has 176 valence electrons. The van der Waals surface area contributed by atoms with Gasteiger partial charge in [-0.3, -0.25) is 4.90 Å². The third-order valence-corrected chi connectivity index (χ3v) is 6.26. The first-order chi connectivity index (χ1) is 16.6. The van der Waals surface area contributed by atoms with Gasteiger partial charge >= 0.3 is 0 Å². The highest BCUT2D eigenvalue weighted by molar-refractivity contribution is 5.72. The molecule has 1 aliphatic heterocycles. The second kappa shape index (κ2) is 11.1. The molecule has 0 saturated carbocycles. The van der Waals surface area contributed by atoms with Gasteiger partial charge in [-0.05, 0) is 24.0 Å². The number of piperidine rings is 1. The summed E-state index contributed by atoms with van der Waals surface area (Å²) in [6.45, 7) is 2.59. The topological polar surface area (TPSA) is 75.0 Å². The van der Waals surface area contributed by atoms with Crippen LogP contribution in [0.15, 0.2) is 60.7 Å². The molecule has 0 spiro atoms. The predicted octanol–water partition coefficient (Wildman–Crippen LogP) is 4.78. The molecule has 0 radical (unpaired) electrons. The highest BCUT2D eigenvalue weighted by Gasteiger charge is 2.21. The fourth-order valence-electron chi connectivity index (χ4n) is 4.37. The molecule has 1 aliphatic rings. The fourth-order valence-corrected chi connectivity index (χ4v) is 4.37. The molecule has 1 saturated heterocycles. The summed E-state index contributed by atoms with van der Waals surface area (Å²) in [4.78, 5) is 2.29. The zero-order chi connectivity index (χ0) is 23.9. The minimum Gasteiger partial charge on any atom is -0.496 e. The summed E-state index contributed by atoms with van der Waals surface area (Å²) in [5, 5.41) is 19.7. The summed E-state index contributed by atoms with van der Waals surface area (Å²) in [7, 11) is 3.28. The van der Waals surface area contributed by atoms with Gasteiger partial charge in [-0.25, -0.2) is 0 Å². The van der Waals surface area contributed by atoms with Crippen LogP contribution in [0, 0.1) is 11.3 Å². The molecule has 6 nitrogen and oxygen atoms in total. The smallest absolute Gasteiger partial charge is 0.130 e. The minimum atomic E-state index is -0.213. The van der Waals surface area contributed by atoms with Crippen molar-refractivity contribution in [2.24, 2.45) is 0 Å². The SMILES string of the molecule is COc1cc(OCc2cccc(-c3ccccc3)c2C#N)cc(OC)c1CN1CCC(O)CC1. The normalized spacial score (nSPS) is 14.4. The summed E-state index contributed by atoms with van der Waals surface area (Å²) >= 11 is 0. The molecule has 0 unspecified atom stereocenters. The van der Waals surface area contributed by atoms with Crippen molar-refractivity contribution < 1.29 is 19.3 Å². The van der Waals surface area contributed by atoms with E-state index in [1.165, 1.54) is 0 Å². The molecule has 34 heavy (non-hydrogen) atoms. The minimum absolute atomic E-state index is 0.213. The second-order valence-corrected chi connectivity index (χ2v) is 8.42. The van der Waals surface area contributed by atoms with Gasteiger partial charge in [-0.1, -0.05) is 48.5 Å². The molecule has 3 aromatic carbocycles. The average Bonchev–Trinajstić information content (AvgIpc) is 2.89. The van der Waals surface area contributed by atoms with Crippen LogP contribution in [-0.4, -0.2) is 43.4 Å². The van der Waals surface area contributed by atoms with E-state index in [4.69, 9.17) is 14.2 Å². The summed E-state index contributed by atoms with van der Waals surface area (Å²) in [5.74, 6) is 2.00. The number of hydrogen-bond donors (Lipinski definition) is 1.